The minimum absolute atomic E-state index is 0.255. The molecule has 1 atom stereocenters. The summed E-state index contributed by atoms with van der Waals surface area (Å²) < 4.78 is 5.19. The van der Waals surface area contributed by atoms with Crippen LogP contribution in [0.4, 0.5) is 17.1 Å². The van der Waals surface area contributed by atoms with Gasteiger partial charge in [-0.05, 0) is 89.3 Å². The number of aromatic nitrogens is 1. The van der Waals surface area contributed by atoms with Crippen molar-refractivity contribution < 1.29 is 19.1 Å². The zero-order valence-electron chi connectivity index (χ0n) is 24.9. The van der Waals surface area contributed by atoms with Gasteiger partial charge in [0.15, 0.2) is 0 Å². The Morgan fingerprint density at radius 3 is 2.30 bits per heavy atom. The van der Waals surface area contributed by atoms with Gasteiger partial charge in [0.2, 0.25) is 5.91 Å². The predicted octanol–water partition coefficient (Wildman–Crippen LogP) is 6.72. The van der Waals surface area contributed by atoms with E-state index in [9.17, 15) is 14.4 Å². The molecule has 0 saturated carbocycles. The second-order valence-electron chi connectivity index (χ2n) is 10.6. The van der Waals surface area contributed by atoms with Crippen LogP contribution in [0.5, 0.6) is 5.75 Å². The largest absolute Gasteiger partial charge is 0.497 e. The number of thiophene rings is 1. The number of anilines is 3. The Balaban J connectivity index is 1.15. The van der Waals surface area contributed by atoms with E-state index in [1.54, 1.807) is 73.0 Å². The van der Waals surface area contributed by atoms with Crippen LogP contribution in [-0.2, 0) is 11.2 Å². The fourth-order valence-corrected chi connectivity index (χ4v) is 5.84. The molecule has 0 aliphatic carbocycles. The first-order valence-electron chi connectivity index (χ1n) is 14.5. The third-order valence-corrected chi connectivity index (χ3v) is 8.51. The van der Waals surface area contributed by atoms with Gasteiger partial charge in [-0.1, -0.05) is 30.3 Å². The van der Waals surface area contributed by atoms with Gasteiger partial charge in [-0.15, -0.1) is 11.3 Å². The summed E-state index contributed by atoms with van der Waals surface area (Å²) in [5.74, 6) is -0.505. The number of para-hydroxylation sites is 1. The van der Waals surface area contributed by atoms with E-state index in [4.69, 9.17) is 10.5 Å². The highest BCUT2D eigenvalue weighted by Gasteiger charge is 2.24. The van der Waals surface area contributed by atoms with Crippen molar-refractivity contribution in [2.75, 3.05) is 23.5 Å². The molecule has 0 fully saturated rings. The second-order valence-corrected chi connectivity index (χ2v) is 11.6. The van der Waals surface area contributed by atoms with Crippen LogP contribution in [0.1, 0.15) is 26.3 Å². The summed E-state index contributed by atoms with van der Waals surface area (Å²) >= 11 is 1.61. The quantitative estimate of drug-likeness (QED) is 0.107. The van der Waals surface area contributed by atoms with Crippen molar-refractivity contribution in [2.45, 2.75) is 12.5 Å². The standard InChI is InChI=1S/C36H31N5O4S/c1-45-27-15-10-23(11-16-27)35(43)41-32(20-25-21-38-30-6-3-2-5-28(25)30)36(44)39-26-13-8-22(9-14-26)34(42)40-31-17-12-24(19-29(31)37)33-7-4-18-46-33/h2-19,21,32,38H,20,37H2,1H3,(H,39,44)(H,40,42)(H,41,43)/t32-/m0/s1. The lowest BCUT2D eigenvalue weighted by Gasteiger charge is -2.19. The summed E-state index contributed by atoms with van der Waals surface area (Å²) in [6.07, 6.45) is 2.10. The lowest BCUT2D eigenvalue weighted by atomic mass is 10.0. The van der Waals surface area contributed by atoms with E-state index in [-0.39, 0.29) is 12.3 Å². The topological polar surface area (TPSA) is 138 Å². The minimum atomic E-state index is -0.892. The summed E-state index contributed by atoms with van der Waals surface area (Å²) in [5.41, 5.74) is 11.3. The molecule has 0 bridgehead atoms. The molecule has 2 heterocycles. The first-order valence-corrected chi connectivity index (χ1v) is 15.4. The number of ether oxygens (including phenoxy) is 1. The first kappa shape index (κ1) is 30.2. The molecular weight excluding hydrogens is 598 g/mol. The van der Waals surface area contributed by atoms with Crippen LogP contribution >= 0.6 is 11.3 Å². The molecule has 4 aromatic carbocycles. The number of rotatable bonds is 10. The molecule has 46 heavy (non-hydrogen) atoms. The van der Waals surface area contributed by atoms with Gasteiger partial charge >= 0.3 is 0 Å². The molecule has 0 unspecified atom stereocenters. The van der Waals surface area contributed by atoms with E-state index in [0.29, 0.717) is 33.9 Å². The molecule has 6 N–H and O–H groups in total. The summed E-state index contributed by atoms with van der Waals surface area (Å²) in [6, 6.07) is 29.6. The number of fused-ring (bicyclic) bond motifs is 1. The lowest BCUT2D eigenvalue weighted by Crippen LogP contribution is -2.45. The van der Waals surface area contributed by atoms with Crippen molar-refractivity contribution in [3.05, 3.63) is 131 Å². The average molecular weight is 630 g/mol. The van der Waals surface area contributed by atoms with Crippen molar-refractivity contribution in [3.63, 3.8) is 0 Å². The van der Waals surface area contributed by atoms with Gasteiger partial charge in [-0.25, -0.2) is 0 Å². The molecule has 230 valence electrons. The van der Waals surface area contributed by atoms with Crippen LogP contribution in [0.3, 0.4) is 0 Å². The first-order chi connectivity index (χ1) is 22.4. The number of hydrogen-bond acceptors (Lipinski definition) is 6. The van der Waals surface area contributed by atoms with Gasteiger partial charge in [-0.2, -0.15) is 0 Å². The van der Waals surface area contributed by atoms with Crippen molar-refractivity contribution in [2.24, 2.45) is 0 Å². The number of aromatic amines is 1. The molecule has 0 radical (unpaired) electrons. The molecule has 0 aliphatic rings. The molecule has 10 heteroatoms. The Kier molecular flexibility index (Phi) is 8.80. The number of carbonyl (C=O) groups excluding carboxylic acids is 3. The third kappa shape index (κ3) is 6.77. The van der Waals surface area contributed by atoms with Gasteiger partial charge in [0.05, 0.1) is 18.5 Å². The van der Waals surface area contributed by atoms with Crippen molar-refractivity contribution in [1.82, 2.24) is 10.3 Å². The van der Waals surface area contributed by atoms with Crippen LogP contribution in [0.15, 0.2) is 115 Å². The Hall–Kier alpha value is -5.87. The highest BCUT2D eigenvalue weighted by atomic mass is 32.1. The zero-order chi connectivity index (χ0) is 32.0. The summed E-state index contributed by atoms with van der Waals surface area (Å²) in [6.45, 7) is 0. The van der Waals surface area contributed by atoms with Gasteiger partial charge in [0.1, 0.15) is 11.8 Å². The van der Waals surface area contributed by atoms with E-state index in [1.807, 2.05) is 60.1 Å². The maximum atomic E-state index is 13.6. The number of methoxy groups -OCH3 is 1. The maximum absolute atomic E-state index is 13.6. The molecule has 0 spiro atoms. The summed E-state index contributed by atoms with van der Waals surface area (Å²) in [5, 5.41) is 11.6. The molecule has 0 aliphatic heterocycles. The number of carbonyl (C=O) groups is 3. The van der Waals surface area contributed by atoms with Crippen molar-refractivity contribution in [1.29, 1.82) is 0 Å². The highest BCUT2D eigenvalue weighted by Crippen LogP contribution is 2.30. The van der Waals surface area contributed by atoms with E-state index in [2.05, 4.69) is 20.9 Å². The van der Waals surface area contributed by atoms with Crippen LogP contribution in [0.25, 0.3) is 21.3 Å². The average Bonchev–Trinajstić information content (AvgIpc) is 3.77. The van der Waals surface area contributed by atoms with Crippen LogP contribution < -0.4 is 26.4 Å². The number of nitrogens with one attached hydrogen (secondary N) is 4. The van der Waals surface area contributed by atoms with Crippen LogP contribution in [0, 0.1) is 0 Å². The smallest absolute Gasteiger partial charge is 0.255 e. The lowest BCUT2D eigenvalue weighted by molar-refractivity contribution is -0.118. The van der Waals surface area contributed by atoms with E-state index in [0.717, 1.165) is 26.9 Å². The van der Waals surface area contributed by atoms with E-state index in [1.165, 1.54) is 0 Å². The molecule has 0 saturated heterocycles. The Labute approximate surface area is 269 Å². The van der Waals surface area contributed by atoms with E-state index >= 15 is 0 Å². The third-order valence-electron chi connectivity index (χ3n) is 7.59. The van der Waals surface area contributed by atoms with Gasteiger partial charge in [0, 0.05) is 45.2 Å². The number of nitrogens with two attached hydrogens (primary N) is 1. The number of amides is 3. The highest BCUT2D eigenvalue weighted by molar-refractivity contribution is 7.13. The monoisotopic (exact) mass is 629 g/mol. The maximum Gasteiger partial charge on any atom is 0.255 e. The molecule has 6 rings (SSSR count). The fourth-order valence-electron chi connectivity index (χ4n) is 5.12. The normalized spacial score (nSPS) is 11.5. The van der Waals surface area contributed by atoms with Gasteiger partial charge < -0.3 is 31.4 Å². The zero-order valence-corrected chi connectivity index (χ0v) is 25.7. The predicted molar refractivity (Wildman–Crippen MR) is 183 cm³/mol. The van der Waals surface area contributed by atoms with Crippen LogP contribution in [0.2, 0.25) is 0 Å². The Morgan fingerprint density at radius 1 is 0.848 bits per heavy atom. The number of hydrogen-bond donors (Lipinski definition) is 5. The van der Waals surface area contributed by atoms with Gasteiger partial charge in [-0.3, -0.25) is 14.4 Å². The van der Waals surface area contributed by atoms with Crippen molar-refractivity contribution in [3.8, 4) is 16.2 Å². The number of nitrogen functional groups attached to an aromatic ring is 1. The van der Waals surface area contributed by atoms with Gasteiger partial charge in [0.25, 0.3) is 11.8 Å². The SMILES string of the molecule is COc1ccc(C(=O)N[C@@H](Cc2c[nH]c3ccccc23)C(=O)Nc2ccc(C(=O)Nc3ccc(-c4cccs4)cc3N)cc2)cc1. The van der Waals surface area contributed by atoms with Crippen molar-refractivity contribution >= 4 is 57.0 Å². The number of H-pyrrole nitrogens is 1. The number of benzene rings is 4. The summed E-state index contributed by atoms with van der Waals surface area (Å²) in [7, 11) is 1.55. The Bertz CT molecular complexity index is 2000. The molecular formula is C36H31N5O4S. The molecule has 6 aromatic rings. The fraction of sp³-hybridized carbons (Fsp3) is 0.0833. The van der Waals surface area contributed by atoms with Crippen LogP contribution in [-0.4, -0.2) is 35.9 Å². The minimum Gasteiger partial charge on any atom is -0.497 e. The second kappa shape index (κ2) is 13.4. The molecule has 9 nitrogen and oxygen atoms in total. The molecule has 3 amide bonds. The summed E-state index contributed by atoms with van der Waals surface area (Å²) in [4.78, 5) is 44.1. The molecule has 2 aromatic heterocycles. The van der Waals surface area contributed by atoms with E-state index < -0.39 is 17.9 Å². The Morgan fingerprint density at radius 2 is 1.59 bits per heavy atom.